The average molecular weight is 370 g/mol. The van der Waals surface area contributed by atoms with E-state index in [-0.39, 0.29) is 11.7 Å². The molecular weight excluding hydrogens is 344 g/mol. The van der Waals surface area contributed by atoms with Crippen LogP contribution in [0, 0.1) is 0 Å². The number of hydrogen-bond donors (Lipinski definition) is 0. The fourth-order valence-corrected chi connectivity index (χ4v) is 3.93. The van der Waals surface area contributed by atoms with Crippen molar-refractivity contribution < 1.29 is 14.2 Å². The minimum Gasteiger partial charge on any atom is -0.490 e. The van der Waals surface area contributed by atoms with E-state index in [1.54, 1.807) is 4.57 Å². The molecular formula is C21H26N2O4. The van der Waals surface area contributed by atoms with Crippen LogP contribution in [0.5, 0.6) is 17.6 Å². The summed E-state index contributed by atoms with van der Waals surface area (Å²) in [6.07, 6.45) is 6.43. The van der Waals surface area contributed by atoms with Crippen LogP contribution in [0.4, 0.5) is 0 Å². The number of benzene rings is 1. The molecule has 27 heavy (non-hydrogen) atoms. The Balaban J connectivity index is 1.35. The molecule has 2 heterocycles. The molecule has 1 saturated carbocycles. The number of aromatic nitrogens is 2. The van der Waals surface area contributed by atoms with Gasteiger partial charge in [-0.1, -0.05) is 31.4 Å². The Bertz CT molecular complexity index is 825. The van der Waals surface area contributed by atoms with Gasteiger partial charge in [-0.2, -0.15) is 4.98 Å². The summed E-state index contributed by atoms with van der Waals surface area (Å²) >= 11 is 0. The number of fused-ring (bicyclic) bond motifs is 1. The Hall–Kier alpha value is -2.50. The Labute approximate surface area is 159 Å². The monoisotopic (exact) mass is 370 g/mol. The molecule has 1 atom stereocenters. The molecule has 1 aromatic heterocycles. The van der Waals surface area contributed by atoms with Gasteiger partial charge in [0.15, 0.2) is 6.10 Å². The van der Waals surface area contributed by atoms with Crippen LogP contribution in [0.2, 0.25) is 0 Å². The molecule has 0 spiro atoms. The van der Waals surface area contributed by atoms with Crippen molar-refractivity contribution in [1.29, 1.82) is 0 Å². The molecule has 0 radical (unpaired) electrons. The second-order valence-corrected chi connectivity index (χ2v) is 7.21. The van der Waals surface area contributed by atoms with Gasteiger partial charge in [-0.05, 0) is 43.4 Å². The van der Waals surface area contributed by atoms with E-state index in [0.717, 1.165) is 5.75 Å². The number of rotatable bonds is 6. The summed E-state index contributed by atoms with van der Waals surface area (Å²) in [4.78, 5) is 15.6. The second-order valence-electron chi connectivity index (χ2n) is 7.21. The first kappa shape index (κ1) is 17.9. The van der Waals surface area contributed by atoms with E-state index in [2.05, 4.69) is 17.1 Å². The van der Waals surface area contributed by atoms with E-state index >= 15 is 0 Å². The van der Waals surface area contributed by atoms with E-state index in [0.29, 0.717) is 37.6 Å². The summed E-state index contributed by atoms with van der Waals surface area (Å²) in [5.74, 6) is 2.02. The first-order valence-electron chi connectivity index (χ1n) is 9.87. The lowest BCUT2D eigenvalue weighted by Gasteiger charge is -2.22. The van der Waals surface area contributed by atoms with Crippen LogP contribution in [-0.4, -0.2) is 28.9 Å². The first-order valence-corrected chi connectivity index (χ1v) is 9.87. The topological polar surface area (TPSA) is 62.6 Å². The lowest BCUT2D eigenvalue weighted by atomic mass is 9.84. The van der Waals surface area contributed by atoms with Crippen molar-refractivity contribution >= 4 is 0 Å². The van der Waals surface area contributed by atoms with Gasteiger partial charge in [0.1, 0.15) is 12.4 Å². The van der Waals surface area contributed by atoms with Crippen molar-refractivity contribution in [3.63, 3.8) is 0 Å². The highest BCUT2D eigenvalue weighted by Crippen LogP contribution is 2.33. The van der Waals surface area contributed by atoms with Crippen LogP contribution in [0.15, 0.2) is 35.1 Å². The van der Waals surface area contributed by atoms with Crippen molar-refractivity contribution in [2.24, 2.45) is 0 Å². The highest BCUT2D eigenvalue weighted by Gasteiger charge is 2.27. The number of ether oxygens (including phenoxy) is 3. The maximum Gasteiger partial charge on any atom is 0.303 e. The van der Waals surface area contributed by atoms with Crippen LogP contribution < -0.4 is 19.8 Å². The molecule has 2 aliphatic rings. The quantitative estimate of drug-likeness (QED) is 0.778. The van der Waals surface area contributed by atoms with E-state index in [1.807, 2.05) is 19.1 Å². The van der Waals surface area contributed by atoms with Crippen LogP contribution in [0.1, 0.15) is 50.5 Å². The third-order valence-electron chi connectivity index (χ3n) is 5.29. The fraction of sp³-hybridized carbons (Fsp3) is 0.524. The smallest absolute Gasteiger partial charge is 0.303 e. The molecule has 1 aliphatic heterocycles. The lowest BCUT2D eigenvalue weighted by molar-refractivity contribution is 0.143. The second kappa shape index (κ2) is 8.03. The van der Waals surface area contributed by atoms with Gasteiger partial charge in [0.25, 0.3) is 5.56 Å². The van der Waals surface area contributed by atoms with Crippen LogP contribution in [0.25, 0.3) is 0 Å². The lowest BCUT2D eigenvalue weighted by Crippen LogP contribution is -2.23. The molecule has 4 rings (SSSR count). The minimum absolute atomic E-state index is 0.198. The molecule has 144 valence electrons. The maximum absolute atomic E-state index is 11.7. The largest absolute Gasteiger partial charge is 0.490 e. The third-order valence-corrected chi connectivity index (χ3v) is 5.29. The summed E-state index contributed by atoms with van der Waals surface area (Å²) in [6, 6.07) is 10.1. The zero-order valence-corrected chi connectivity index (χ0v) is 15.7. The molecule has 1 unspecified atom stereocenters. The fourth-order valence-electron chi connectivity index (χ4n) is 3.93. The highest BCUT2D eigenvalue weighted by atomic mass is 16.6. The van der Waals surface area contributed by atoms with Gasteiger partial charge in [0, 0.05) is 0 Å². The van der Waals surface area contributed by atoms with Gasteiger partial charge >= 0.3 is 6.01 Å². The predicted octanol–water partition coefficient (Wildman–Crippen LogP) is 3.53. The predicted molar refractivity (Wildman–Crippen MR) is 102 cm³/mol. The first-order chi connectivity index (χ1) is 13.2. The summed E-state index contributed by atoms with van der Waals surface area (Å²) in [7, 11) is 0. The van der Waals surface area contributed by atoms with Gasteiger partial charge in [0.2, 0.25) is 5.88 Å². The molecule has 0 saturated heterocycles. The zero-order chi connectivity index (χ0) is 18.6. The normalized spacial score (nSPS) is 19.4. The van der Waals surface area contributed by atoms with E-state index < -0.39 is 0 Å². The standard InChI is InChI=1S/C21H26N2O4/c1-2-25-20-12-19(24)22-21-23(20)13-18(27-21)14-26-17-10-8-16(9-11-17)15-6-4-3-5-7-15/h8-12,15,18H,2-7,13-14H2,1H3. The van der Waals surface area contributed by atoms with Gasteiger partial charge in [-0.3, -0.25) is 9.36 Å². The average Bonchev–Trinajstić information content (AvgIpc) is 3.11. The number of nitrogens with zero attached hydrogens (tertiary/aromatic N) is 2. The van der Waals surface area contributed by atoms with Crippen molar-refractivity contribution in [1.82, 2.24) is 9.55 Å². The maximum atomic E-state index is 11.7. The molecule has 0 bridgehead atoms. The van der Waals surface area contributed by atoms with Crippen molar-refractivity contribution in [2.45, 2.75) is 57.6 Å². The van der Waals surface area contributed by atoms with Crippen molar-refractivity contribution in [2.75, 3.05) is 13.2 Å². The summed E-state index contributed by atoms with van der Waals surface area (Å²) in [5, 5.41) is 0. The van der Waals surface area contributed by atoms with E-state index in [1.165, 1.54) is 43.7 Å². The minimum atomic E-state index is -0.357. The summed E-state index contributed by atoms with van der Waals surface area (Å²) in [6.45, 7) is 3.31. The molecule has 1 aliphatic carbocycles. The summed E-state index contributed by atoms with van der Waals surface area (Å²) in [5.41, 5.74) is 1.06. The molecule has 6 heteroatoms. The number of hydrogen-bond acceptors (Lipinski definition) is 5. The highest BCUT2D eigenvalue weighted by molar-refractivity contribution is 5.30. The van der Waals surface area contributed by atoms with Crippen LogP contribution in [0.3, 0.4) is 0 Å². The van der Waals surface area contributed by atoms with E-state index in [4.69, 9.17) is 14.2 Å². The van der Waals surface area contributed by atoms with Crippen molar-refractivity contribution in [3.05, 3.63) is 46.2 Å². The molecule has 2 aromatic rings. The van der Waals surface area contributed by atoms with Crippen LogP contribution >= 0.6 is 0 Å². The van der Waals surface area contributed by atoms with Crippen LogP contribution in [-0.2, 0) is 6.54 Å². The molecule has 6 nitrogen and oxygen atoms in total. The Kier molecular flexibility index (Phi) is 5.32. The zero-order valence-electron chi connectivity index (χ0n) is 15.7. The van der Waals surface area contributed by atoms with Gasteiger partial charge in [0.05, 0.1) is 19.2 Å². The molecule has 1 fully saturated rings. The molecule has 1 aromatic carbocycles. The molecule has 0 N–H and O–H groups in total. The summed E-state index contributed by atoms with van der Waals surface area (Å²) < 4.78 is 19.0. The molecule has 0 amide bonds. The van der Waals surface area contributed by atoms with Gasteiger partial charge < -0.3 is 14.2 Å². The van der Waals surface area contributed by atoms with Crippen molar-refractivity contribution in [3.8, 4) is 17.6 Å². The Morgan fingerprint density at radius 3 is 2.67 bits per heavy atom. The third kappa shape index (κ3) is 4.10. The Morgan fingerprint density at radius 1 is 1.15 bits per heavy atom. The van der Waals surface area contributed by atoms with E-state index in [9.17, 15) is 4.79 Å². The SMILES string of the molecule is CCOc1cc(=O)nc2n1CC(COc1ccc(C3CCCCC3)cc1)O2. The Morgan fingerprint density at radius 2 is 1.93 bits per heavy atom. The van der Waals surface area contributed by atoms with Gasteiger partial charge in [-0.25, -0.2) is 0 Å². The van der Waals surface area contributed by atoms with Gasteiger partial charge in [-0.15, -0.1) is 0 Å².